The number of carbonyl (C=O) groups is 1. The average molecular weight is 237 g/mol. The minimum Gasteiger partial charge on any atom is -0.320 e. The minimum atomic E-state index is -0.112. The maximum absolute atomic E-state index is 11.7. The molecule has 5 heteroatoms. The van der Waals surface area contributed by atoms with Crippen LogP contribution in [0.15, 0.2) is 6.07 Å². The summed E-state index contributed by atoms with van der Waals surface area (Å²) in [5.74, 6) is 5.62. The van der Waals surface area contributed by atoms with Crippen molar-refractivity contribution in [2.45, 2.75) is 6.92 Å². The molecule has 0 fully saturated rings. The van der Waals surface area contributed by atoms with Crippen molar-refractivity contribution in [3.63, 3.8) is 0 Å². The predicted octanol–water partition coefficient (Wildman–Crippen LogP) is 0.573. The van der Waals surface area contributed by atoms with Crippen LogP contribution in [0.2, 0.25) is 0 Å². The molecule has 1 aromatic rings. The van der Waals surface area contributed by atoms with Crippen LogP contribution in [0.3, 0.4) is 0 Å². The number of hydrogen-bond donors (Lipinski definition) is 2. The maximum Gasteiger partial charge on any atom is 0.275 e. The van der Waals surface area contributed by atoms with E-state index in [-0.39, 0.29) is 5.91 Å². The van der Waals surface area contributed by atoms with E-state index in [1.807, 2.05) is 13.0 Å². The molecule has 1 heterocycles. The molecular formula is C11H15N3OS. The number of nitrogens with zero attached hydrogens (tertiary/aromatic N) is 1. The van der Waals surface area contributed by atoms with Crippen LogP contribution >= 0.6 is 11.3 Å². The molecule has 1 aromatic heterocycles. The summed E-state index contributed by atoms with van der Waals surface area (Å²) < 4.78 is 0. The SMILES string of the molecule is Cc1cc(C(=O)NN(C)C)sc1C#CCN. The van der Waals surface area contributed by atoms with Gasteiger partial charge in [-0.25, -0.2) is 5.01 Å². The molecular weight excluding hydrogens is 222 g/mol. The van der Waals surface area contributed by atoms with E-state index >= 15 is 0 Å². The van der Waals surface area contributed by atoms with Crippen molar-refractivity contribution in [3.8, 4) is 11.8 Å². The summed E-state index contributed by atoms with van der Waals surface area (Å²) >= 11 is 1.38. The Kier molecular flexibility index (Phi) is 4.50. The Hall–Kier alpha value is -1.35. The first-order valence-corrected chi connectivity index (χ1v) is 5.64. The fourth-order valence-electron chi connectivity index (χ4n) is 1.11. The largest absolute Gasteiger partial charge is 0.320 e. The highest BCUT2D eigenvalue weighted by atomic mass is 32.1. The van der Waals surface area contributed by atoms with E-state index in [0.717, 1.165) is 10.4 Å². The van der Waals surface area contributed by atoms with Gasteiger partial charge in [0.1, 0.15) is 0 Å². The molecule has 0 atom stereocenters. The number of nitrogens with one attached hydrogen (secondary N) is 1. The zero-order chi connectivity index (χ0) is 12.1. The third-order valence-electron chi connectivity index (χ3n) is 1.77. The molecule has 0 saturated carbocycles. The van der Waals surface area contributed by atoms with Crippen LogP contribution in [0.4, 0.5) is 0 Å². The number of amides is 1. The summed E-state index contributed by atoms with van der Waals surface area (Å²) in [4.78, 5) is 13.2. The third kappa shape index (κ3) is 3.35. The predicted molar refractivity (Wildman–Crippen MR) is 66.1 cm³/mol. The van der Waals surface area contributed by atoms with Gasteiger partial charge in [-0.3, -0.25) is 10.2 Å². The number of thiophene rings is 1. The second-order valence-electron chi connectivity index (χ2n) is 3.46. The molecule has 0 bridgehead atoms. The molecule has 0 unspecified atom stereocenters. The number of rotatable bonds is 2. The van der Waals surface area contributed by atoms with Gasteiger partial charge in [-0.2, -0.15) is 0 Å². The van der Waals surface area contributed by atoms with Crippen LogP contribution in [0, 0.1) is 18.8 Å². The molecule has 0 radical (unpaired) electrons. The van der Waals surface area contributed by atoms with Crippen LogP contribution in [0.1, 0.15) is 20.1 Å². The zero-order valence-electron chi connectivity index (χ0n) is 9.63. The first-order valence-electron chi connectivity index (χ1n) is 4.82. The molecule has 16 heavy (non-hydrogen) atoms. The molecule has 3 N–H and O–H groups in total. The van der Waals surface area contributed by atoms with Crippen LogP contribution in [0.5, 0.6) is 0 Å². The molecule has 1 rings (SSSR count). The highest BCUT2D eigenvalue weighted by Gasteiger charge is 2.11. The van der Waals surface area contributed by atoms with Crippen molar-refractivity contribution >= 4 is 17.2 Å². The van der Waals surface area contributed by atoms with Gasteiger partial charge in [0.25, 0.3) is 5.91 Å². The van der Waals surface area contributed by atoms with E-state index in [0.29, 0.717) is 11.4 Å². The lowest BCUT2D eigenvalue weighted by molar-refractivity contribution is 0.0861. The number of hydrogen-bond acceptors (Lipinski definition) is 4. The third-order valence-corrected chi connectivity index (χ3v) is 2.92. The monoisotopic (exact) mass is 237 g/mol. The van der Waals surface area contributed by atoms with Crippen molar-refractivity contribution in [2.75, 3.05) is 20.6 Å². The molecule has 0 aliphatic rings. The smallest absolute Gasteiger partial charge is 0.275 e. The highest BCUT2D eigenvalue weighted by Crippen LogP contribution is 2.20. The highest BCUT2D eigenvalue weighted by molar-refractivity contribution is 7.14. The number of carbonyl (C=O) groups excluding carboxylic acids is 1. The molecule has 86 valence electrons. The van der Waals surface area contributed by atoms with E-state index in [2.05, 4.69) is 17.3 Å². The van der Waals surface area contributed by atoms with E-state index in [4.69, 9.17) is 5.73 Å². The average Bonchev–Trinajstić information content (AvgIpc) is 2.56. The molecule has 1 amide bonds. The lowest BCUT2D eigenvalue weighted by Crippen LogP contribution is -2.35. The van der Waals surface area contributed by atoms with Gasteiger partial charge in [0, 0.05) is 14.1 Å². The molecule has 0 aliphatic heterocycles. The summed E-state index contributed by atoms with van der Waals surface area (Å²) in [7, 11) is 3.54. The van der Waals surface area contributed by atoms with Gasteiger partial charge in [-0.1, -0.05) is 11.8 Å². The van der Waals surface area contributed by atoms with Gasteiger partial charge in [0.2, 0.25) is 0 Å². The Morgan fingerprint density at radius 1 is 1.62 bits per heavy atom. The summed E-state index contributed by atoms with van der Waals surface area (Å²) in [5, 5.41) is 1.61. The zero-order valence-corrected chi connectivity index (χ0v) is 10.4. The van der Waals surface area contributed by atoms with E-state index < -0.39 is 0 Å². The summed E-state index contributed by atoms with van der Waals surface area (Å²) in [6, 6.07) is 1.84. The topological polar surface area (TPSA) is 58.4 Å². The van der Waals surface area contributed by atoms with Crippen LogP contribution in [-0.4, -0.2) is 31.6 Å². The standard InChI is InChI=1S/C11H15N3OS/c1-8-7-10(11(15)13-14(2)3)16-9(8)5-4-6-12/h7H,6,12H2,1-3H3,(H,13,15). The van der Waals surface area contributed by atoms with Gasteiger partial charge in [0.05, 0.1) is 16.3 Å². The number of aryl methyl sites for hydroxylation is 1. The van der Waals surface area contributed by atoms with Gasteiger partial charge in [-0.05, 0) is 18.6 Å². The van der Waals surface area contributed by atoms with Crippen LogP contribution in [0.25, 0.3) is 0 Å². The first kappa shape index (κ1) is 12.7. The quantitative estimate of drug-likeness (QED) is 0.584. The second kappa shape index (κ2) is 5.66. The van der Waals surface area contributed by atoms with Crippen molar-refractivity contribution in [3.05, 3.63) is 21.4 Å². The second-order valence-corrected chi connectivity index (χ2v) is 4.52. The number of nitrogens with two attached hydrogens (primary N) is 1. The van der Waals surface area contributed by atoms with Crippen LogP contribution in [-0.2, 0) is 0 Å². The molecule has 4 nitrogen and oxygen atoms in total. The fourth-order valence-corrected chi connectivity index (χ4v) is 2.04. The maximum atomic E-state index is 11.7. The van der Waals surface area contributed by atoms with E-state index in [9.17, 15) is 4.79 Å². The molecule has 0 aromatic carbocycles. The first-order chi connectivity index (χ1) is 7.54. The summed E-state index contributed by atoms with van der Waals surface area (Å²) in [6.07, 6.45) is 0. The fraction of sp³-hybridized carbons (Fsp3) is 0.364. The molecule has 0 saturated heterocycles. The Labute approximate surface area is 99.4 Å². The van der Waals surface area contributed by atoms with Crippen LogP contribution < -0.4 is 11.2 Å². The molecule has 0 spiro atoms. The lowest BCUT2D eigenvalue weighted by atomic mass is 10.2. The summed E-state index contributed by atoms with van der Waals surface area (Å²) in [6.45, 7) is 2.26. The Balaban J connectivity index is 2.88. The van der Waals surface area contributed by atoms with E-state index in [1.54, 1.807) is 19.1 Å². The minimum absolute atomic E-state index is 0.112. The van der Waals surface area contributed by atoms with Crippen molar-refractivity contribution in [1.29, 1.82) is 0 Å². The van der Waals surface area contributed by atoms with Crippen molar-refractivity contribution in [1.82, 2.24) is 10.4 Å². The lowest BCUT2D eigenvalue weighted by Gasteiger charge is -2.09. The van der Waals surface area contributed by atoms with Gasteiger partial charge in [-0.15, -0.1) is 11.3 Å². The normalized spacial score (nSPS) is 9.81. The Morgan fingerprint density at radius 2 is 2.31 bits per heavy atom. The van der Waals surface area contributed by atoms with Gasteiger partial charge in [0.15, 0.2) is 0 Å². The Bertz CT molecular complexity index is 440. The van der Waals surface area contributed by atoms with Gasteiger partial charge >= 0.3 is 0 Å². The number of hydrazine groups is 1. The Morgan fingerprint density at radius 3 is 2.88 bits per heavy atom. The van der Waals surface area contributed by atoms with E-state index in [1.165, 1.54) is 11.3 Å². The van der Waals surface area contributed by atoms with Crippen molar-refractivity contribution < 1.29 is 4.79 Å². The molecule has 0 aliphatic carbocycles. The van der Waals surface area contributed by atoms with Gasteiger partial charge < -0.3 is 5.73 Å². The van der Waals surface area contributed by atoms with Crippen molar-refractivity contribution in [2.24, 2.45) is 5.73 Å². The summed E-state index contributed by atoms with van der Waals surface area (Å²) in [5.41, 5.74) is 9.00.